The maximum absolute atomic E-state index is 13.8. The average molecular weight is 298 g/mol. The maximum atomic E-state index is 13.8. The van der Waals surface area contributed by atoms with E-state index in [0.717, 1.165) is 5.01 Å². The summed E-state index contributed by atoms with van der Waals surface area (Å²) in [5.74, 6) is -0.422. The van der Waals surface area contributed by atoms with Crippen LogP contribution in [0.15, 0.2) is 35.4 Å². The molecule has 1 atom stereocenters. The first-order valence-corrected chi connectivity index (χ1v) is 7.07. The van der Waals surface area contributed by atoms with Gasteiger partial charge in [-0.1, -0.05) is 30.3 Å². The van der Waals surface area contributed by atoms with Crippen molar-refractivity contribution in [1.82, 2.24) is 5.01 Å². The molecule has 1 aromatic rings. The standard InChI is InChI=1S/C15H17F3N2O/c16-15(17,18)14(12-6-7-12)10-13(19-20(14)8-9-21)11-4-2-1-3-5-11/h1-5,12,21H,6-10H2. The van der Waals surface area contributed by atoms with Crippen LogP contribution in [0.1, 0.15) is 24.8 Å². The van der Waals surface area contributed by atoms with Crippen molar-refractivity contribution in [2.75, 3.05) is 13.2 Å². The maximum Gasteiger partial charge on any atom is 0.413 e. The third-order valence-electron chi connectivity index (χ3n) is 4.30. The molecule has 1 saturated carbocycles. The van der Waals surface area contributed by atoms with E-state index in [0.29, 0.717) is 24.1 Å². The molecule has 0 saturated heterocycles. The van der Waals surface area contributed by atoms with Crippen LogP contribution in [-0.4, -0.2) is 40.7 Å². The summed E-state index contributed by atoms with van der Waals surface area (Å²) in [5.41, 5.74) is -0.776. The predicted molar refractivity (Wildman–Crippen MR) is 72.9 cm³/mol. The summed E-state index contributed by atoms with van der Waals surface area (Å²) >= 11 is 0. The summed E-state index contributed by atoms with van der Waals surface area (Å²) in [6.07, 6.45) is -3.35. The molecule has 0 amide bonds. The minimum Gasteiger partial charge on any atom is -0.394 e. The second-order valence-corrected chi connectivity index (χ2v) is 5.63. The van der Waals surface area contributed by atoms with Gasteiger partial charge >= 0.3 is 6.18 Å². The number of halogens is 3. The quantitative estimate of drug-likeness (QED) is 0.928. The van der Waals surface area contributed by atoms with E-state index in [9.17, 15) is 13.2 Å². The lowest BCUT2D eigenvalue weighted by atomic mass is 9.85. The first kappa shape index (κ1) is 14.4. The Labute approximate surface area is 121 Å². The van der Waals surface area contributed by atoms with E-state index in [1.54, 1.807) is 24.3 Å². The number of benzene rings is 1. The minimum atomic E-state index is -4.36. The number of hydrogen-bond donors (Lipinski definition) is 1. The monoisotopic (exact) mass is 298 g/mol. The molecule has 6 heteroatoms. The van der Waals surface area contributed by atoms with Gasteiger partial charge < -0.3 is 5.11 Å². The number of nitrogens with zero attached hydrogens (tertiary/aromatic N) is 2. The van der Waals surface area contributed by atoms with Gasteiger partial charge in [0.15, 0.2) is 5.54 Å². The number of rotatable bonds is 4. The lowest BCUT2D eigenvalue weighted by molar-refractivity contribution is -0.235. The van der Waals surface area contributed by atoms with Gasteiger partial charge in [-0.2, -0.15) is 18.3 Å². The Hall–Kier alpha value is -1.56. The van der Waals surface area contributed by atoms with Crippen molar-refractivity contribution in [2.24, 2.45) is 11.0 Å². The van der Waals surface area contributed by atoms with Crippen LogP contribution in [0.5, 0.6) is 0 Å². The molecule has 1 fully saturated rings. The van der Waals surface area contributed by atoms with Crippen LogP contribution >= 0.6 is 0 Å². The Morgan fingerprint density at radius 2 is 1.90 bits per heavy atom. The first-order chi connectivity index (χ1) is 9.99. The van der Waals surface area contributed by atoms with E-state index < -0.39 is 17.6 Å². The summed E-state index contributed by atoms with van der Waals surface area (Å²) in [6.45, 7) is -0.428. The van der Waals surface area contributed by atoms with Crippen LogP contribution in [0.3, 0.4) is 0 Å². The molecule has 21 heavy (non-hydrogen) atoms. The molecule has 3 rings (SSSR count). The highest BCUT2D eigenvalue weighted by molar-refractivity contribution is 6.02. The van der Waals surface area contributed by atoms with Crippen molar-refractivity contribution in [3.63, 3.8) is 0 Å². The van der Waals surface area contributed by atoms with Gasteiger partial charge in [-0.15, -0.1) is 0 Å². The van der Waals surface area contributed by atoms with Gasteiger partial charge in [0.05, 0.1) is 18.9 Å². The summed E-state index contributed by atoms with van der Waals surface area (Å²) < 4.78 is 41.3. The molecule has 2 aliphatic rings. The summed E-state index contributed by atoms with van der Waals surface area (Å²) in [6, 6.07) is 8.95. The van der Waals surface area contributed by atoms with Gasteiger partial charge in [-0.3, -0.25) is 5.01 Å². The van der Waals surface area contributed by atoms with E-state index in [1.165, 1.54) is 0 Å². The van der Waals surface area contributed by atoms with Gasteiger partial charge in [0.1, 0.15) is 0 Å². The minimum absolute atomic E-state index is 0.0909. The van der Waals surface area contributed by atoms with Crippen LogP contribution in [-0.2, 0) is 0 Å². The Morgan fingerprint density at radius 3 is 2.43 bits per heavy atom. The number of aliphatic hydroxyl groups excluding tert-OH is 1. The number of β-amino-alcohol motifs (C(OH)–C–C–N with tert-alkyl or cyclic N) is 1. The first-order valence-electron chi connectivity index (χ1n) is 7.07. The summed E-state index contributed by atoms with van der Waals surface area (Å²) in [7, 11) is 0. The van der Waals surface area contributed by atoms with Crippen LogP contribution in [0.25, 0.3) is 0 Å². The molecule has 1 unspecified atom stereocenters. The van der Waals surface area contributed by atoms with Crippen molar-refractivity contribution in [3.05, 3.63) is 35.9 Å². The fourth-order valence-electron chi connectivity index (χ4n) is 3.15. The van der Waals surface area contributed by atoms with Crippen molar-refractivity contribution in [3.8, 4) is 0 Å². The fraction of sp³-hybridized carbons (Fsp3) is 0.533. The van der Waals surface area contributed by atoms with Gasteiger partial charge in [0, 0.05) is 6.42 Å². The van der Waals surface area contributed by atoms with E-state index >= 15 is 0 Å². The third-order valence-corrected chi connectivity index (χ3v) is 4.30. The molecule has 1 N–H and O–H groups in total. The SMILES string of the molecule is OCCN1N=C(c2ccccc2)CC1(C1CC1)C(F)(F)F. The molecule has 1 aliphatic heterocycles. The molecular weight excluding hydrogens is 281 g/mol. The number of aliphatic hydroxyl groups is 1. The molecule has 0 bridgehead atoms. The van der Waals surface area contributed by atoms with E-state index in [1.807, 2.05) is 6.07 Å². The van der Waals surface area contributed by atoms with Crippen molar-refractivity contribution < 1.29 is 18.3 Å². The molecule has 1 aromatic carbocycles. The predicted octanol–water partition coefficient (Wildman–Crippen LogP) is 2.80. The molecule has 0 spiro atoms. The molecule has 0 radical (unpaired) electrons. The van der Waals surface area contributed by atoms with Crippen molar-refractivity contribution in [2.45, 2.75) is 31.0 Å². The Bertz CT molecular complexity index is 540. The number of hydrogen-bond acceptors (Lipinski definition) is 3. The Kier molecular flexibility index (Phi) is 3.43. The summed E-state index contributed by atoms with van der Waals surface area (Å²) in [4.78, 5) is 0. The number of hydrazone groups is 1. The second kappa shape index (κ2) is 5.02. The third kappa shape index (κ3) is 2.31. The molecule has 3 nitrogen and oxygen atoms in total. The zero-order valence-electron chi connectivity index (χ0n) is 11.5. The second-order valence-electron chi connectivity index (χ2n) is 5.63. The van der Waals surface area contributed by atoms with Crippen molar-refractivity contribution in [1.29, 1.82) is 0 Å². The highest BCUT2D eigenvalue weighted by Gasteiger charge is 2.68. The topological polar surface area (TPSA) is 35.8 Å². The molecule has 1 aliphatic carbocycles. The van der Waals surface area contributed by atoms with Crippen molar-refractivity contribution >= 4 is 5.71 Å². The van der Waals surface area contributed by atoms with Gasteiger partial charge in [0.25, 0.3) is 0 Å². The zero-order chi connectivity index (χ0) is 15.1. The Morgan fingerprint density at radius 1 is 1.24 bits per heavy atom. The highest BCUT2D eigenvalue weighted by atomic mass is 19.4. The lowest BCUT2D eigenvalue weighted by Crippen LogP contribution is -2.57. The molecule has 114 valence electrons. The lowest BCUT2D eigenvalue weighted by Gasteiger charge is -2.39. The Balaban J connectivity index is 1.99. The van der Waals surface area contributed by atoms with E-state index in [4.69, 9.17) is 5.11 Å². The molecule has 0 aromatic heterocycles. The zero-order valence-corrected chi connectivity index (χ0v) is 11.5. The van der Waals surface area contributed by atoms with Crippen LogP contribution in [0.2, 0.25) is 0 Å². The van der Waals surface area contributed by atoms with E-state index in [-0.39, 0.29) is 19.6 Å². The smallest absolute Gasteiger partial charge is 0.394 e. The molecular formula is C15H17F3N2O. The van der Waals surface area contributed by atoms with E-state index in [2.05, 4.69) is 5.10 Å². The van der Waals surface area contributed by atoms with Crippen LogP contribution < -0.4 is 0 Å². The van der Waals surface area contributed by atoms with Gasteiger partial charge in [-0.05, 0) is 24.3 Å². The van der Waals surface area contributed by atoms with Gasteiger partial charge in [0.2, 0.25) is 0 Å². The van der Waals surface area contributed by atoms with Crippen LogP contribution in [0, 0.1) is 5.92 Å². The fourth-order valence-corrected chi connectivity index (χ4v) is 3.15. The van der Waals surface area contributed by atoms with Crippen LogP contribution in [0.4, 0.5) is 13.2 Å². The normalized spacial score (nSPS) is 26.1. The average Bonchev–Trinajstić information content (AvgIpc) is 3.21. The van der Waals surface area contributed by atoms with Gasteiger partial charge in [-0.25, -0.2) is 0 Å². The number of alkyl halides is 3. The molecule has 1 heterocycles. The largest absolute Gasteiger partial charge is 0.413 e. The highest BCUT2D eigenvalue weighted by Crippen LogP contribution is 2.56. The summed E-state index contributed by atoms with van der Waals surface area (Å²) in [5, 5.41) is 14.4.